The van der Waals surface area contributed by atoms with E-state index in [0.29, 0.717) is 0 Å². The first-order chi connectivity index (χ1) is 8.75. The molecule has 1 heterocycles. The van der Waals surface area contributed by atoms with Crippen molar-refractivity contribution < 1.29 is 4.79 Å². The van der Waals surface area contributed by atoms with E-state index in [1.807, 2.05) is 12.1 Å². The Kier molecular flexibility index (Phi) is 3.06. The predicted octanol–water partition coefficient (Wildman–Crippen LogP) is 0.999. The van der Waals surface area contributed by atoms with E-state index >= 15 is 0 Å². The molecule has 0 saturated carbocycles. The van der Waals surface area contributed by atoms with Crippen LogP contribution in [0.2, 0.25) is 0 Å². The van der Waals surface area contributed by atoms with Crippen molar-refractivity contribution >= 4 is 5.91 Å². The Hall–Kier alpha value is -1.39. The van der Waals surface area contributed by atoms with E-state index in [9.17, 15) is 4.79 Å². The highest BCUT2D eigenvalue weighted by molar-refractivity contribution is 5.82. The minimum Gasteiger partial charge on any atom is -0.355 e. The first kappa shape index (κ1) is 11.7. The Balaban J connectivity index is 1.76. The van der Waals surface area contributed by atoms with E-state index in [2.05, 4.69) is 22.8 Å². The summed E-state index contributed by atoms with van der Waals surface area (Å²) < 4.78 is 0. The number of hydrogen-bond donors (Lipinski definition) is 3. The molecule has 0 bridgehead atoms. The van der Waals surface area contributed by atoms with E-state index < -0.39 is 0 Å². The average Bonchev–Trinajstić information content (AvgIpc) is 2.70. The Labute approximate surface area is 107 Å². The summed E-state index contributed by atoms with van der Waals surface area (Å²) >= 11 is 0. The normalized spacial score (nSPS) is 30.9. The van der Waals surface area contributed by atoms with Crippen LogP contribution < -0.4 is 16.4 Å². The fraction of sp³-hybridized carbons (Fsp3) is 0.500. The van der Waals surface area contributed by atoms with Gasteiger partial charge in [0.05, 0.1) is 6.04 Å². The highest BCUT2D eigenvalue weighted by atomic mass is 16.2. The number of carbonyl (C=O) groups excluding carboxylic acids is 1. The molecule has 1 aromatic carbocycles. The van der Waals surface area contributed by atoms with E-state index in [4.69, 9.17) is 5.73 Å². The van der Waals surface area contributed by atoms with Gasteiger partial charge in [0.25, 0.3) is 0 Å². The van der Waals surface area contributed by atoms with Crippen molar-refractivity contribution in [1.82, 2.24) is 10.6 Å². The second kappa shape index (κ2) is 4.71. The average molecular weight is 245 g/mol. The molecule has 1 aromatic rings. The molecule has 3 unspecified atom stereocenters. The minimum absolute atomic E-state index is 0.0675. The minimum atomic E-state index is -0.0675. The molecule has 1 aliphatic carbocycles. The summed E-state index contributed by atoms with van der Waals surface area (Å²) in [7, 11) is 0. The third-order valence-electron chi connectivity index (χ3n) is 3.95. The summed E-state index contributed by atoms with van der Waals surface area (Å²) in [6.07, 6.45) is 2.84. The van der Waals surface area contributed by atoms with Gasteiger partial charge in [0.2, 0.25) is 5.91 Å². The lowest BCUT2D eigenvalue weighted by Crippen LogP contribution is -2.49. The zero-order valence-electron chi connectivity index (χ0n) is 10.4. The first-order valence-corrected chi connectivity index (χ1v) is 6.64. The van der Waals surface area contributed by atoms with Crippen LogP contribution in [0.25, 0.3) is 0 Å². The molecule has 4 nitrogen and oxygen atoms in total. The van der Waals surface area contributed by atoms with Crippen LogP contribution in [0, 0.1) is 0 Å². The van der Waals surface area contributed by atoms with E-state index in [1.54, 1.807) is 0 Å². The van der Waals surface area contributed by atoms with Crippen molar-refractivity contribution in [3.8, 4) is 0 Å². The number of fused-ring (bicyclic) bond motifs is 1. The topological polar surface area (TPSA) is 67.2 Å². The summed E-state index contributed by atoms with van der Waals surface area (Å²) in [5.41, 5.74) is 8.60. The number of nitrogens with one attached hydrogen (secondary N) is 2. The number of piperidine rings is 1. The van der Waals surface area contributed by atoms with Gasteiger partial charge in [-0.15, -0.1) is 0 Å². The lowest BCUT2D eigenvalue weighted by Gasteiger charge is -2.26. The second-order valence-corrected chi connectivity index (χ2v) is 5.18. The third kappa shape index (κ3) is 2.02. The molecule has 4 N–H and O–H groups in total. The van der Waals surface area contributed by atoms with Gasteiger partial charge in [-0.1, -0.05) is 24.3 Å². The molecule has 1 amide bonds. The largest absolute Gasteiger partial charge is 0.355 e. The molecule has 0 aromatic heterocycles. The second-order valence-electron chi connectivity index (χ2n) is 5.18. The van der Waals surface area contributed by atoms with Gasteiger partial charge in [-0.3, -0.25) is 10.1 Å². The van der Waals surface area contributed by atoms with Crippen LogP contribution in [0.4, 0.5) is 0 Å². The summed E-state index contributed by atoms with van der Waals surface area (Å²) in [5.74, 6) is 0.124. The van der Waals surface area contributed by atoms with E-state index in [0.717, 1.165) is 25.8 Å². The first-order valence-electron chi connectivity index (χ1n) is 6.64. The van der Waals surface area contributed by atoms with Gasteiger partial charge in [0, 0.05) is 18.6 Å². The maximum absolute atomic E-state index is 11.8. The Bertz CT molecular complexity index is 460. The monoisotopic (exact) mass is 245 g/mol. The number of hydrogen-bond acceptors (Lipinski definition) is 3. The molecule has 3 rings (SSSR count). The lowest BCUT2D eigenvalue weighted by molar-refractivity contribution is -0.124. The van der Waals surface area contributed by atoms with Crippen molar-refractivity contribution in [3.05, 3.63) is 35.4 Å². The van der Waals surface area contributed by atoms with Crippen LogP contribution in [0.1, 0.15) is 42.5 Å². The number of rotatable bonds is 2. The zero-order chi connectivity index (χ0) is 12.5. The third-order valence-corrected chi connectivity index (χ3v) is 3.95. The predicted molar refractivity (Wildman–Crippen MR) is 69.9 cm³/mol. The molecular weight excluding hydrogens is 226 g/mol. The van der Waals surface area contributed by atoms with Gasteiger partial charge in [-0.2, -0.15) is 0 Å². The molecule has 18 heavy (non-hydrogen) atoms. The van der Waals surface area contributed by atoms with Crippen LogP contribution in [0.3, 0.4) is 0 Å². The molecule has 1 aliphatic heterocycles. The van der Waals surface area contributed by atoms with Gasteiger partial charge >= 0.3 is 0 Å². The molecular formula is C14H19N3O. The molecule has 0 radical (unpaired) electrons. The zero-order valence-corrected chi connectivity index (χ0v) is 10.4. The molecule has 2 aliphatic rings. The lowest BCUT2D eigenvalue weighted by atomic mass is 10.0. The van der Waals surface area contributed by atoms with E-state index in [1.165, 1.54) is 11.1 Å². The highest BCUT2D eigenvalue weighted by Gasteiger charge is 2.32. The Morgan fingerprint density at radius 3 is 2.78 bits per heavy atom. The van der Waals surface area contributed by atoms with Crippen LogP contribution in [0.5, 0.6) is 0 Å². The van der Waals surface area contributed by atoms with Gasteiger partial charge in [0.15, 0.2) is 0 Å². The molecule has 4 heteroatoms. The van der Waals surface area contributed by atoms with Crippen molar-refractivity contribution in [2.75, 3.05) is 6.54 Å². The molecule has 1 fully saturated rings. The molecule has 96 valence electrons. The maximum atomic E-state index is 11.8. The van der Waals surface area contributed by atoms with E-state index in [-0.39, 0.29) is 24.0 Å². The fourth-order valence-corrected chi connectivity index (χ4v) is 3.01. The quantitative estimate of drug-likeness (QED) is 0.728. The van der Waals surface area contributed by atoms with Crippen molar-refractivity contribution in [2.24, 2.45) is 5.73 Å². The molecule has 1 saturated heterocycles. The number of amides is 1. The summed E-state index contributed by atoms with van der Waals surface area (Å²) in [4.78, 5) is 11.8. The molecule has 0 spiro atoms. The Morgan fingerprint density at radius 2 is 2.00 bits per heavy atom. The number of nitrogens with two attached hydrogens (primary N) is 1. The van der Waals surface area contributed by atoms with Gasteiger partial charge in [-0.05, 0) is 30.4 Å². The summed E-state index contributed by atoms with van der Waals surface area (Å²) in [6.45, 7) is 0.803. The van der Waals surface area contributed by atoms with Gasteiger partial charge < -0.3 is 11.1 Å². The van der Waals surface area contributed by atoms with Crippen LogP contribution in [-0.4, -0.2) is 18.5 Å². The van der Waals surface area contributed by atoms with Crippen molar-refractivity contribution in [1.29, 1.82) is 0 Å². The standard InChI is InChI=1S/C14H19N3O/c15-11-8-13(10-5-2-1-4-9(10)11)17-12-6-3-7-16-14(12)18/h1-2,4-5,11-13,17H,3,6-8,15H2,(H,16,18). The number of carbonyl (C=O) groups is 1. The van der Waals surface area contributed by atoms with Gasteiger partial charge in [-0.25, -0.2) is 0 Å². The van der Waals surface area contributed by atoms with Crippen LogP contribution in [-0.2, 0) is 4.79 Å². The summed E-state index contributed by atoms with van der Waals surface area (Å²) in [5, 5.41) is 6.37. The smallest absolute Gasteiger partial charge is 0.237 e. The SMILES string of the molecule is NC1CC(NC2CCCNC2=O)c2ccccc21. The number of benzene rings is 1. The van der Waals surface area contributed by atoms with Crippen molar-refractivity contribution in [3.63, 3.8) is 0 Å². The van der Waals surface area contributed by atoms with Crippen molar-refractivity contribution in [2.45, 2.75) is 37.4 Å². The maximum Gasteiger partial charge on any atom is 0.237 e. The van der Waals surface area contributed by atoms with Crippen LogP contribution >= 0.6 is 0 Å². The van der Waals surface area contributed by atoms with Crippen LogP contribution in [0.15, 0.2) is 24.3 Å². The Morgan fingerprint density at radius 1 is 1.22 bits per heavy atom. The van der Waals surface area contributed by atoms with Gasteiger partial charge in [0.1, 0.15) is 0 Å². The molecule has 3 atom stereocenters. The summed E-state index contributed by atoms with van der Waals surface area (Å²) in [6, 6.07) is 8.49. The fourth-order valence-electron chi connectivity index (χ4n) is 3.01. The highest BCUT2D eigenvalue weighted by Crippen LogP contribution is 2.37.